The Morgan fingerprint density at radius 2 is 1.90 bits per heavy atom. The van der Waals surface area contributed by atoms with Gasteiger partial charge >= 0.3 is 0 Å². The zero-order chi connectivity index (χ0) is 14.4. The first-order valence-electron chi connectivity index (χ1n) is 6.53. The minimum Gasteiger partial charge on any atom is -0.493 e. The molecule has 0 spiro atoms. The molecule has 108 valence electrons. The molecule has 3 atom stereocenters. The van der Waals surface area contributed by atoms with Gasteiger partial charge in [0.05, 0.1) is 25.0 Å². The molecule has 0 aromatic heterocycles. The molecule has 0 radical (unpaired) electrons. The van der Waals surface area contributed by atoms with Gasteiger partial charge in [0.2, 0.25) is 5.91 Å². The topological polar surface area (TPSA) is 55.8 Å². The van der Waals surface area contributed by atoms with Crippen LogP contribution >= 0.6 is 0 Å². The van der Waals surface area contributed by atoms with Crippen molar-refractivity contribution in [3.63, 3.8) is 0 Å². The van der Waals surface area contributed by atoms with Gasteiger partial charge in [-0.15, -0.1) is 0 Å². The van der Waals surface area contributed by atoms with Crippen LogP contribution in [0.15, 0.2) is 12.1 Å². The molecule has 20 heavy (non-hydrogen) atoms. The molecule has 1 aromatic rings. The van der Waals surface area contributed by atoms with Crippen molar-refractivity contribution in [3.05, 3.63) is 23.3 Å². The summed E-state index contributed by atoms with van der Waals surface area (Å²) in [6.07, 6.45) is 0.752. The average Bonchev–Trinajstić information content (AvgIpc) is 2.70. The summed E-state index contributed by atoms with van der Waals surface area (Å²) in [5.74, 6) is 1.26. The van der Waals surface area contributed by atoms with Gasteiger partial charge in [-0.3, -0.25) is 9.00 Å². The molecule has 0 aliphatic carbocycles. The first-order valence-corrected chi connectivity index (χ1v) is 7.80. The SMILES string of the molecule is COc1cc2c(cc1OC)[C@@H]1N(CC2)C(=O)[C@H](C)S1=O. The van der Waals surface area contributed by atoms with Crippen molar-refractivity contribution in [2.24, 2.45) is 0 Å². The molecule has 1 aromatic carbocycles. The standard InChI is InChI=1S/C14H17NO4S/c1-8-13(16)15-5-4-9-6-11(18-2)12(19-3)7-10(9)14(15)20(8)17/h6-8,14H,4-5H2,1-3H3/t8-,14+,20?/m0/s1. The third-order valence-electron chi connectivity index (χ3n) is 4.02. The third-order valence-corrected chi connectivity index (χ3v) is 5.86. The summed E-state index contributed by atoms with van der Waals surface area (Å²) in [6, 6.07) is 3.78. The summed E-state index contributed by atoms with van der Waals surface area (Å²) < 4.78 is 23.1. The van der Waals surface area contributed by atoms with Gasteiger partial charge < -0.3 is 14.4 Å². The lowest BCUT2D eigenvalue weighted by atomic mass is 9.98. The monoisotopic (exact) mass is 295 g/mol. The van der Waals surface area contributed by atoms with Crippen LogP contribution in [0.2, 0.25) is 0 Å². The maximum Gasteiger partial charge on any atom is 0.239 e. The summed E-state index contributed by atoms with van der Waals surface area (Å²) in [5, 5.41) is -0.778. The zero-order valence-corrected chi connectivity index (χ0v) is 12.5. The molecule has 1 unspecified atom stereocenters. The molecule has 6 heteroatoms. The summed E-state index contributed by atoms with van der Waals surface area (Å²) >= 11 is 0. The van der Waals surface area contributed by atoms with Crippen LogP contribution in [0.3, 0.4) is 0 Å². The van der Waals surface area contributed by atoms with Crippen molar-refractivity contribution in [2.45, 2.75) is 24.0 Å². The highest BCUT2D eigenvalue weighted by molar-refractivity contribution is 7.87. The maximum atomic E-state index is 12.4. The Morgan fingerprint density at radius 1 is 1.25 bits per heavy atom. The summed E-state index contributed by atoms with van der Waals surface area (Å²) in [5.41, 5.74) is 2.00. The fourth-order valence-electron chi connectivity index (χ4n) is 2.91. The Labute approximate surface area is 120 Å². The molecule has 3 rings (SSSR count). The maximum absolute atomic E-state index is 12.4. The second-order valence-corrected chi connectivity index (χ2v) is 6.82. The van der Waals surface area contributed by atoms with Gasteiger partial charge in [-0.25, -0.2) is 0 Å². The van der Waals surface area contributed by atoms with E-state index < -0.39 is 16.0 Å². The molecule has 2 aliphatic heterocycles. The fraction of sp³-hybridized carbons (Fsp3) is 0.500. The minimum atomic E-state index is -1.21. The number of methoxy groups -OCH3 is 2. The molecular weight excluding hydrogens is 278 g/mol. The molecule has 2 heterocycles. The molecule has 1 fully saturated rings. The number of nitrogens with zero attached hydrogens (tertiary/aromatic N) is 1. The molecule has 1 amide bonds. The van der Waals surface area contributed by atoms with Gasteiger partial charge in [0, 0.05) is 6.54 Å². The highest BCUT2D eigenvalue weighted by Gasteiger charge is 2.47. The van der Waals surface area contributed by atoms with E-state index in [-0.39, 0.29) is 11.3 Å². The molecule has 1 saturated heterocycles. The van der Waals surface area contributed by atoms with Crippen LogP contribution in [-0.2, 0) is 22.0 Å². The van der Waals surface area contributed by atoms with E-state index in [1.165, 1.54) is 0 Å². The van der Waals surface area contributed by atoms with Crippen molar-refractivity contribution in [3.8, 4) is 11.5 Å². The van der Waals surface area contributed by atoms with Crippen LogP contribution < -0.4 is 9.47 Å². The van der Waals surface area contributed by atoms with Gasteiger partial charge in [0.25, 0.3) is 0 Å². The van der Waals surface area contributed by atoms with Crippen LogP contribution in [-0.4, -0.2) is 41.0 Å². The molecule has 0 saturated carbocycles. The molecule has 2 aliphatic rings. The smallest absolute Gasteiger partial charge is 0.239 e. The Balaban J connectivity index is 2.13. The van der Waals surface area contributed by atoms with Gasteiger partial charge in [-0.05, 0) is 36.6 Å². The zero-order valence-electron chi connectivity index (χ0n) is 11.7. The summed E-state index contributed by atoms with van der Waals surface area (Å²) in [6.45, 7) is 2.35. The predicted molar refractivity (Wildman–Crippen MR) is 75.3 cm³/mol. The van der Waals surface area contributed by atoms with Crippen molar-refractivity contribution >= 4 is 16.7 Å². The van der Waals surface area contributed by atoms with Crippen molar-refractivity contribution < 1.29 is 18.5 Å². The predicted octanol–water partition coefficient (Wildman–Crippen LogP) is 1.24. The van der Waals surface area contributed by atoms with E-state index in [4.69, 9.17) is 9.47 Å². The first-order chi connectivity index (χ1) is 9.58. The minimum absolute atomic E-state index is 0.0197. The van der Waals surface area contributed by atoms with Crippen LogP contribution in [0.1, 0.15) is 23.4 Å². The number of carbonyl (C=O) groups excluding carboxylic acids is 1. The second kappa shape index (κ2) is 4.77. The largest absolute Gasteiger partial charge is 0.493 e. The summed E-state index contributed by atoms with van der Waals surface area (Å²) in [4.78, 5) is 13.8. The highest BCUT2D eigenvalue weighted by Crippen LogP contribution is 2.43. The Hall–Kier alpha value is -1.56. The van der Waals surface area contributed by atoms with Gasteiger partial charge in [-0.1, -0.05) is 0 Å². The van der Waals surface area contributed by atoms with E-state index >= 15 is 0 Å². The van der Waals surface area contributed by atoms with Gasteiger partial charge in [0.15, 0.2) is 11.5 Å². The van der Waals surface area contributed by atoms with Crippen LogP contribution in [0.25, 0.3) is 0 Å². The van der Waals surface area contributed by atoms with Gasteiger partial charge in [-0.2, -0.15) is 0 Å². The number of benzene rings is 1. The Bertz CT molecular complexity index is 601. The normalized spacial score (nSPS) is 28.1. The van der Waals surface area contributed by atoms with Crippen molar-refractivity contribution in [1.82, 2.24) is 4.90 Å². The molecule has 0 N–H and O–H groups in total. The lowest BCUT2D eigenvalue weighted by molar-refractivity contribution is -0.130. The lowest BCUT2D eigenvalue weighted by Gasteiger charge is -2.31. The first kappa shape index (κ1) is 13.4. The van der Waals surface area contributed by atoms with E-state index in [2.05, 4.69) is 0 Å². The molecular formula is C14H17NO4S. The number of ether oxygens (including phenoxy) is 2. The van der Waals surface area contributed by atoms with Crippen molar-refractivity contribution in [1.29, 1.82) is 0 Å². The van der Waals surface area contributed by atoms with E-state index in [0.29, 0.717) is 18.0 Å². The quantitative estimate of drug-likeness (QED) is 0.823. The number of amides is 1. The van der Waals surface area contributed by atoms with E-state index in [9.17, 15) is 9.00 Å². The third kappa shape index (κ3) is 1.74. The van der Waals surface area contributed by atoms with E-state index in [1.54, 1.807) is 26.0 Å². The Kier molecular flexibility index (Phi) is 3.20. The number of carbonyl (C=O) groups is 1. The molecule has 0 bridgehead atoms. The number of fused-ring (bicyclic) bond motifs is 3. The second-order valence-electron chi connectivity index (χ2n) is 5.01. The number of rotatable bonds is 2. The lowest BCUT2D eigenvalue weighted by Crippen LogP contribution is -2.35. The van der Waals surface area contributed by atoms with E-state index in [0.717, 1.165) is 17.5 Å². The Morgan fingerprint density at radius 3 is 2.55 bits per heavy atom. The van der Waals surface area contributed by atoms with Crippen molar-refractivity contribution in [2.75, 3.05) is 20.8 Å². The summed E-state index contributed by atoms with van der Waals surface area (Å²) in [7, 11) is 1.96. The van der Waals surface area contributed by atoms with Gasteiger partial charge in [0.1, 0.15) is 10.6 Å². The van der Waals surface area contributed by atoms with E-state index in [1.807, 2.05) is 12.1 Å². The van der Waals surface area contributed by atoms with Crippen LogP contribution in [0.4, 0.5) is 0 Å². The number of hydrogen-bond donors (Lipinski definition) is 0. The molecule has 5 nitrogen and oxygen atoms in total. The number of hydrogen-bond acceptors (Lipinski definition) is 4. The van der Waals surface area contributed by atoms with Crippen LogP contribution in [0, 0.1) is 0 Å². The fourth-order valence-corrected chi connectivity index (χ4v) is 4.56. The average molecular weight is 295 g/mol. The van der Waals surface area contributed by atoms with Crippen LogP contribution in [0.5, 0.6) is 11.5 Å². The highest BCUT2D eigenvalue weighted by atomic mass is 32.2.